The van der Waals surface area contributed by atoms with E-state index in [0.29, 0.717) is 6.04 Å². The number of ether oxygens (including phenoxy) is 1. The van der Waals surface area contributed by atoms with E-state index in [4.69, 9.17) is 4.74 Å². The summed E-state index contributed by atoms with van der Waals surface area (Å²) >= 11 is 0. The van der Waals surface area contributed by atoms with Crippen molar-refractivity contribution in [1.82, 2.24) is 10.2 Å². The van der Waals surface area contributed by atoms with Gasteiger partial charge in [-0.05, 0) is 50.6 Å². The highest BCUT2D eigenvalue weighted by Crippen LogP contribution is 2.14. The fourth-order valence-electron chi connectivity index (χ4n) is 2.57. The number of likely N-dealkylation sites (tertiary alicyclic amines) is 1. The molecule has 0 amide bonds. The van der Waals surface area contributed by atoms with Gasteiger partial charge in [-0.25, -0.2) is 0 Å². The first-order chi connectivity index (χ1) is 8.81. The fourth-order valence-corrected chi connectivity index (χ4v) is 2.57. The van der Waals surface area contributed by atoms with Crippen LogP contribution in [0.4, 0.5) is 0 Å². The van der Waals surface area contributed by atoms with Crippen molar-refractivity contribution in [1.29, 1.82) is 0 Å². The highest BCUT2D eigenvalue weighted by atomic mass is 35.5. The Balaban J connectivity index is 0.00000180. The van der Waals surface area contributed by atoms with Crippen LogP contribution in [-0.2, 0) is 6.42 Å². The minimum Gasteiger partial charge on any atom is -0.497 e. The number of benzene rings is 1. The molecule has 0 aliphatic carbocycles. The predicted molar refractivity (Wildman–Crippen MR) is 82.5 cm³/mol. The smallest absolute Gasteiger partial charge is 0.118 e. The van der Waals surface area contributed by atoms with Gasteiger partial charge in [0.05, 0.1) is 7.11 Å². The van der Waals surface area contributed by atoms with Crippen molar-refractivity contribution in [2.24, 2.45) is 0 Å². The number of halogens is 1. The zero-order chi connectivity index (χ0) is 12.8. The maximum absolute atomic E-state index is 5.17. The van der Waals surface area contributed by atoms with Crippen LogP contribution in [0.2, 0.25) is 0 Å². The first kappa shape index (κ1) is 16.3. The average Bonchev–Trinajstić information content (AvgIpc) is 2.46. The van der Waals surface area contributed by atoms with Crippen molar-refractivity contribution in [2.45, 2.75) is 25.3 Å². The molecule has 1 fully saturated rings. The van der Waals surface area contributed by atoms with Gasteiger partial charge in [-0.1, -0.05) is 12.1 Å². The van der Waals surface area contributed by atoms with Crippen LogP contribution in [0.25, 0.3) is 0 Å². The Bertz CT molecular complexity index is 356. The molecule has 19 heavy (non-hydrogen) atoms. The summed E-state index contributed by atoms with van der Waals surface area (Å²) < 4.78 is 5.17. The van der Waals surface area contributed by atoms with Crippen molar-refractivity contribution in [3.8, 4) is 5.75 Å². The minimum absolute atomic E-state index is 0. The third kappa shape index (κ3) is 5.01. The lowest BCUT2D eigenvalue weighted by Gasteiger charge is -2.32. The van der Waals surface area contributed by atoms with Gasteiger partial charge >= 0.3 is 0 Å². The van der Waals surface area contributed by atoms with Gasteiger partial charge in [-0.3, -0.25) is 0 Å². The summed E-state index contributed by atoms with van der Waals surface area (Å²) in [4.78, 5) is 2.56. The Labute approximate surface area is 122 Å². The molecule has 1 aliphatic heterocycles. The highest BCUT2D eigenvalue weighted by Gasteiger charge is 2.17. The number of rotatable bonds is 5. The lowest BCUT2D eigenvalue weighted by Crippen LogP contribution is -2.44. The van der Waals surface area contributed by atoms with Crippen LogP contribution >= 0.6 is 12.4 Å². The Morgan fingerprint density at radius 1 is 1.32 bits per heavy atom. The summed E-state index contributed by atoms with van der Waals surface area (Å²) in [6, 6.07) is 9.09. The number of hydrogen-bond acceptors (Lipinski definition) is 3. The second-order valence-electron chi connectivity index (χ2n) is 5.03. The van der Waals surface area contributed by atoms with E-state index in [-0.39, 0.29) is 12.4 Å². The molecular weight excluding hydrogens is 260 g/mol. The molecule has 4 heteroatoms. The molecule has 1 aromatic rings. The van der Waals surface area contributed by atoms with Gasteiger partial charge < -0.3 is 15.0 Å². The van der Waals surface area contributed by atoms with E-state index in [9.17, 15) is 0 Å². The number of hydrogen-bond donors (Lipinski definition) is 1. The van der Waals surface area contributed by atoms with Crippen LogP contribution in [0.15, 0.2) is 24.3 Å². The summed E-state index contributed by atoms with van der Waals surface area (Å²) in [7, 11) is 3.78. The second-order valence-corrected chi connectivity index (χ2v) is 5.03. The molecule has 108 valence electrons. The molecule has 1 aliphatic rings. The lowest BCUT2D eigenvalue weighted by molar-refractivity contribution is 0.197. The van der Waals surface area contributed by atoms with E-state index >= 15 is 0 Å². The van der Waals surface area contributed by atoms with Gasteiger partial charge in [0.1, 0.15) is 5.75 Å². The normalized spacial score (nSPS) is 19.8. The number of likely N-dealkylation sites (N-methyl/N-ethyl adjacent to an activating group) is 1. The van der Waals surface area contributed by atoms with Crippen molar-refractivity contribution in [3.05, 3.63) is 29.8 Å². The first-order valence-corrected chi connectivity index (χ1v) is 6.84. The molecule has 0 bridgehead atoms. The number of methoxy groups -OCH3 is 1. The molecule has 0 saturated carbocycles. The van der Waals surface area contributed by atoms with Crippen molar-refractivity contribution >= 4 is 12.4 Å². The fraction of sp³-hybridized carbons (Fsp3) is 0.600. The van der Waals surface area contributed by atoms with Crippen LogP contribution in [0.3, 0.4) is 0 Å². The molecule has 0 aromatic heterocycles. The minimum atomic E-state index is 0. The van der Waals surface area contributed by atoms with Crippen LogP contribution in [-0.4, -0.2) is 44.7 Å². The maximum Gasteiger partial charge on any atom is 0.118 e. The third-order valence-corrected chi connectivity index (χ3v) is 3.79. The van der Waals surface area contributed by atoms with Gasteiger partial charge in [0.2, 0.25) is 0 Å². The first-order valence-electron chi connectivity index (χ1n) is 6.84. The summed E-state index contributed by atoms with van der Waals surface area (Å²) in [6.45, 7) is 3.59. The molecule has 1 heterocycles. The highest BCUT2D eigenvalue weighted by molar-refractivity contribution is 5.85. The Morgan fingerprint density at radius 3 is 2.68 bits per heavy atom. The van der Waals surface area contributed by atoms with Gasteiger partial charge in [0.15, 0.2) is 0 Å². The Morgan fingerprint density at radius 2 is 2.05 bits per heavy atom. The summed E-state index contributed by atoms with van der Waals surface area (Å²) in [6.07, 6.45) is 3.75. The zero-order valence-electron chi connectivity index (χ0n) is 11.9. The molecule has 1 aromatic carbocycles. The van der Waals surface area contributed by atoms with Gasteiger partial charge in [0, 0.05) is 19.1 Å². The average molecular weight is 285 g/mol. The Kier molecular flexibility index (Phi) is 7.21. The van der Waals surface area contributed by atoms with E-state index in [2.05, 4.69) is 29.4 Å². The SMILES string of the molecule is CNC1CCCN(CCc2ccc(OC)cc2)C1.Cl. The molecule has 1 unspecified atom stereocenters. The van der Waals surface area contributed by atoms with Crippen LogP contribution in [0.1, 0.15) is 18.4 Å². The topological polar surface area (TPSA) is 24.5 Å². The molecular formula is C15H25ClN2O. The summed E-state index contributed by atoms with van der Waals surface area (Å²) in [5.41, 5.74) is 1.39. The van der Waals surface area contributed by atoms with Crippen LogP contribution in [0.5, 0.6) is 5.75 Å². The third-order valence-electron chi connectivity index (χ3n) is 3.79. The van der Waals surface area contributed by atoms with Crippen molar-refractivity contribution < 1.29 is 4.74 Å². The summed E-state index contributed by atoms with van der Waals surface area (Å²) in [5.74, 6) is 0.937. The van der Waals surface area contributed by atoms with E-state index in [1.54, 1.807) is 7.11 Å². The molecule has 1 N–H and O–H groups in total. The number of nitrogens with zero attached hydrogens (tertiary/aromatic N) is 1. The zero-order valence-corrected chi connectivity index (χ0v) is 12.7. The standard InChI is InChI=1S/C15H24N2O.ClH/c1-16-14-4-3-10-17(12-14)11-9-13-5-7-15(18-2)8-6-13;/h5-8,14,16H,3-4,9-12H2,1-2H3;1H. The van der Waals surface area contributed by atoms with Gasteiger partial charge in [0.25, 0.3) is 0 Å². The quantitative estimate of drug-likeness (QED) is 0.898. The van der Waals surface area contributed by atoms with E-state index in [0.717, 1.165) is 18.7 Å². The van der Waals surface area contributed by atoms with Crippen molar-refractivity contribution in [2.75, 3.05) is 33.8 Å². The van der Waals surface area contributed by atoms with E-state index < -0.39 is 0 Å². The molecule has 0 spiro atoms. The number of piperidine rings is 1. The number of nitrogens with one attached hydrogen (secondary N) is 1. The summed E-state index contributed by atoms with van der Waals surface area (Å²) in [5, 5.41) is 3.39. The van der Waals surface area contributed by atoms with Gasteiger partial charge in [-0.2, -0.15) is 0 Å². The van der Waals surface area contributed by atoms with E-state index in [1.807, 2.05) is 12.1 Å². The van der Waals surface area contributed by atoms with E-state index in [1.165, 1.54) is 31.5 Å². The molecule has 1 atom stereocenters. The lowest BCUT2D eigenvalue weighted by atomic mass is 10.0. The van der Waals surface area contributed by atoms with Crippen molar-refractivity contribution in [3.63, 3.8) is 0 Å². The van der Waals surface area contributed by atoms with Crippen LogP contribution < -0.4 is 10.1 Å². The molecule has 1 saturated heterocycles. The largest absolute Gasteiger partial charge is 0.497 e. The molecule has 2 rings (SSSR count). The van der Waals surface area contributed by atoms with Gasteiger partial charge in [-0.15, -0.1) is 12.4 Å². The maximum atomic E-state index is 5.17. The Hall–Kier alpha value is -0.770. The predicted octanol–water partition coefficient (Wildman–Crippen LogP) is 2.34. The molecule has 0 radical (unpaired) electrons. The van der Waals surface area contributed by atoms with Crippen LogP contribution in [0, 0.1) is 0 Å². The monoisotopic (exact) mass is 284 g/mol. The molecule has 3 nitrogen and oxygen atoms in total. The second kappa shape index (κ2) is 8.41.